The molecule has 4 rings (SSSR count). The van der Waals surface area contributed by atoms with Crippen molar-refractivity contribution in [2.45, 2.75) is 19.0 Å². The summed E-state index contributed by atoms with van der Waals surface area (Å²) < 4.78 is 92.4. The largest absolute Gasteiger partial charge is 0.468 e. The van der Waals surface area contributed by atoms with Gasteiger partial charge in [-0.1, -0.05) is 0 Å². The third-order valence-corrected chi connectivity index (χ3v) is 5.65. The van der Waals surface area contributed by atoms with Crippen molar-refractivity contribution < 1.29 is 35.9 Å². The van der Waals surface area contributed by atoms with E-state index >= 15 is 0 Å². The van der Waals surface area contributed by atoms with Gasteiger partial charge in [-0.2, -0.15) is 30.7 Å². The van der Waals surface area contributed by atoms with E-state index < -0.39 is 35.2 Å². The minimum atomic E-state index is -5.01. The SMILES string of the molecule is O=C(Nc1cc(C(F)(F)F)cc(C(F)(F)F)c1)N1CCN(c2nsnc2OCc2ccncn2)CC1. The Morgan fingerprint density at radius 2 is 1.67 bits per heavy atom. The van der Waals surface area contributed by atoms with Crippen LogP contribution >= 0.6 is 11.7 Å². The number of benzene rings is 1. The number of rotatable bonds is 5. The van der Waals surface area contributed by atoms with Crippen LogP contribution in [0.4, 0.5) is 42.6 Å². The first kappa shape index (κ1) is 25.4. The van der Waals surface area contributed by atoms with Gasteiger partial charge in [0.2, 0.25) is 5.82 Å². The fourth-order valence-corrected chi connectivity index (χ4v) is 3.88. The molecule has 0 unspecified atom stereocenters. The van der Waals surface area contributed by atoms with Crippen LogP contribution in [0.15, 0.2) is 36.8 Å². The number of nitrogens with zero attached hydrogens (tertiary/aromatic N) is 6. The predicted octanol–water partition coefficient (Wildman–Crippen LogP) is 4.30. The molecule has 1 fully saturated rings. The van der Waals surface area contributed by atoms with Crippen LogP contribution in [0.2, 0.25) is 0 Å². The zero-order chi connectivity index (χ0) is 25.9. The molecule has 0 bridgehead atoms. The number of urea groups is 1. The van der Waals surface area contributed by atoms with Crippen LogP contribution in [0.1, 0.15) is 16.8 Å². The Balaban J connectivity index is 1.38. The average Bonchev–Trinajstić information content (AvgIpc) is 3.31. The molecular weight excluding hydrogens is 516 g/mol. The van der Waals surface area contributed by atoms with Crippen molar-refractivity contribution in [2.24, 2.45) is 0 Å². The summed E-state index contributed by atoms with van der Waals surface area (Å²) in [6.07, 6.45) is -7.08. The first-order valence-corrected chi connectivity index (χ1v) is 11.0. The number of hydrogen-bond donors (Lipinski definition) is 1. The van der Waals surface area contributed by atoms with Gasteiger partial charge < -0.3 is 19.9 Å². The Morgan fingerprint density at radius 1 is 1.00 bits per heavy atom. The molecule has 3 aromatic rings. The maximum atomic E-state index is 13.1. The highest BCUT2D eigenvalue weighted by Crippen LogP contribution is 2.37. The van der Waals surface area contributed by atoms with E-state index in [0.717, 1.165) is 11.7 Å². The lowest BCUT2D eigenvalue weighted by molar-refractivity contribution is -0.143. The molecule has 192 valence electrons. The van der Waals surface area contributed by atoms with E-state index in [0.29, 0.717) is 36.7 Å². The van der Waals surface area contributed by atoms with Gasteiger partial charge in [0.25, 0.3) is 5.88 Å². The highest BCUT2D eigenvalue weighted by atomic mass is 32.1. The number of alkyl halides is 6. The Hall–Kier alpha value is -3.69. The zero-order valence-corrected chi connectivity index (χ0v) is 19.0. The summed E-state index contributed by atoms with van der Waals surface area (Å²) >= 11 is 0.934. The molecule has 2 amide bonds. The maximum Gasteiger partial charge on any atom is 0.416 e. The summed E-state index contributed by atoms with van der Waals surface area (Å²) in [5.74, 6) is 0.738. The van der Waals surface area contributed by atoms with Crippen LogP contribution < -0.4 is 15.0 Å². The number of amides is 2. The predicted molar refractivity (Wildman–Crippen MR) is 116 cm³/mol. The molecule has 0 atom stereocenters. The van der Waals surface area contributed by atoms with Crippen molar-refractivity contribution in [3.05, 3.63) is 53.6 Å². The van der Waals surface area contributed by atoms with Crippen LogP contribution in [0, 0.1) is 0 Å². The summed E-state index contributed by atoms with van der Waals surface area (Å²) in [6.45, 7) is 0.998. The van der Waals surface area contributed by atoms with Crippen molar-refractivity contribution in [3.63, 3.8) is 0 Å². The van der Waals surface area contributed by atoms with E-state index in [-0.39, 0.29) is 31.6 Å². The van der Waals surface area contributed by atoms with Gasteiger partial charge in [-0.15, -0.1) is 4.37 Å². The van der Waals surface area contributed by atoms with E-state index in [9.17, 15) is 31.1 Å². The van der Waals surface area contributed by atoms with Gasteiger partial charge in [0.15, 0.2) is 0 Å². The zero-order valence-electron chi connectivity index (χ0n) is 18.2. The Bertz CT molecular complexity index is 1170. The molecule has 0 aliphatic carbocycles. The first-order chi connectivity index (χ1) is 17.0. The molecule has 1 aliphatic heterocycles. The number of carbonyl (C=O) groups excluding carboxylic acids is 1. The summed E-state index contributed by atoms with van der Waals surface area (Å²) in [6, 6.07) is 1.79. The van der Waals surface area contributed by atoms with Gasteiger partial charge >= 0.3 is 18.4 Å². The van der Waals surface area contributed by atoms with Crippen molar-refractivity contribution in [2.75, 3.05) is 36.4 Å². The molecule has 1 N–H and O–H groups in total. The number of nitrogens with one attached hydrogen (secondary N) is 1. The van der Waals surface area contributed by atoms with Crippen molar-refractivity contribution in [3.8, 4) is 5.88 Å². The van der Waals surface area contributed by atoms with Gasteiger partial charge in [0, 0.05) is 38.1 Å². The van der Waals surface area contributed by atoms with Gasteiger partial charge in [-0.05, 0) is 24.3 Å². The summed E-state index contributed by atoms with van der Waals surface area (Å²) in [5, 5.41) is 2.14. The standard InChI is InChI=1S/C20H17F6N7O2S/c21-19(22,23)12-7-13(20(24,25)26)9-15(8-12)29-18(34)33-5-3-32(4-6-33)16-17(31-36-30-16)35-10-14-1-2-27-11-28-14/h1-2,7-9,11H,3-6,10H2,(H,29,34). The summed E-state index contributed by atoms with van der Waals surface area (Å²) in [5.41, 5.74) is -2.99. The minimum absolute atomic E-state index is 0.000714. The summed E-state index contributed by atoms with van der Waals surface area (Å²) in [4.78, 5) is 23.5. The normalized spacial score (nSPS) is 14.6. The molecule has 1 aliphatic rings. The molecule has 0 spiro atoms. The van der Waals surface area contributed by atoms with E-state index in [2.05, 4.69) is 24.0 Å². The fraction of sp³-hybridized carbons (Fsp3) is 0.350. The molecule has 1 saturated heterocycles. The molecular formula is C20H17F6N7O2S. The van der Waals surface area contributed by atoms with Crippen molar-refractivity contribution in [1.82, 2.24) is 23.6 Å². The number of carbonyl (C=O) groups is 1. The number of anilines is 2. The number of hydrogen-bond acceptors (Lipinski definition) is 8. The Morgan fingerprint density at radius 3 is 2.25 bits per heavy atom. The maximum absolute atomic E-state index is 13.1. The lowest BCUT2D eigenvalue weighted by Gasteiger charge is -2.34. The minimum Gasteiger partial charge on any atom is -0.468 e. The second-order valence-corrected chi connectivity index (χ2v) is 8.11. The molecule has 2 aromatic heterocycles. The third kappa shape index (κ3) is 6.10. The molecule has 0 saturated carbocycles. The number of aromatic nitrogens is 4. The highest BCUT2D eigenvalue weighted by molar-refractivity contribution is 6.99. The van der Waals surface area contributed by atoms with Gasteiger partial charge in [-0.3, -0.25) is 0 Å². The van der Waals surface area contributed by atoms with Crippen molar-refractivity contribution >= 4 is 29.3 Å². The number of piperazine rings is 1. The molecule has 1 aromatic carbocycles. The molecule has 16 heteroatoms. The van der Waals surface area contributed by atoms with E-state index in [1.54, 1.807) is 12.3 Å². The van der Waals surface area contributed by atoms with E-state index in [4.69, 9.17) is 4.74 Å². The third-order valence-electron chi connectivity index (χ3n) is 5.15. The van der Waals surface area contributed by atoms with Gasteiger partial charge in [0.05, 0.1) is 28.5 Å². The monoisotopic (exact) mass is 533 g/mol. The van der Waals surface area contributed by atoms with Crippen LogP contribution in [0.25, 0.3) is 0 Å². The quantitative estimate of drug-likeness (QED) is 0.489. The lowest BCUT2D eigenvalue weighted by Crippen LogP contribution is -2.50. The smallest absolute Gasteiger partial charge is 0.416 e. The first-order valence-electron chi connectivity index (χ1n) is 10.3. The molecule has 36 heavy (non-hydrogen) atoms. The number of ether oxygens (including phenoxy) is 1. The molecule has 3 heterocycles. The Kier molecular flexibility index (Phi) is 7.14. The van der Waals surface area contributed by atoms with E-state index in [1.165, 1.54) is 11.2 Å². The molecule has 0 radical (unpaired) electrons. The second kappa shape index (κ2) is 10.1. The average molecular weight is 533 g/mol. The van der Waals surface area contributed by atoms with Crippen LogP contribution in [0.3, 0.4) is 0 Å². The van der Waals surface area contributed by atoms with Gasteiger partial charge in [-0.25, -0.2) is 14.8 Å². The Labute approximate surface area is 204 Å². The molecule has 9 nitrogen and oxygen atoms in total. The fourth-order valence-electron chi connectivity index (χ4n) is 3.36. The topological polar surface area (TPSA) is 96.4 Å². The highest BCUT2D eigenvalue weighted by Gasteiger charge is 2.37. The lowest BCUT2D eigenvalue weighted by atomic mass is 10.1. The van der Waals surface area contributed by atoms with E-state index in [1.807, 2.05) is 4.90 Å². The van der Waals surface area contributed by atoms with Crippen LogP contribution in [-0.2, 0) is 19.0 Å². The number of halogens is 6. The van der Waals surface area contributed by atoms with Crippen LogP contribution in [0.5, 0.6) is 5.88 Å². The van der Waals surface area contributed by atoms with Gasteiger partial charge in [0.1, 0.15) is 12.9 Å². The van der Waals surface area contributed by atoms with Crippen LogP contribution in [-0.4, -0.2) is 55.8 Å². The summed E-state index contributed by atoms with van der Waals surface area (Å²) in [7, 11) is 0. The van der Waals surface area contributed by atoms with Crippen molar-refractivity contribution in [1.29, 1.82) is 0 Å². The second-order valence-electron chi connectivity index (χ2n) is 7.58.